The van der Waals surface area contributed by atoms with Crippen LogP contribution in [-0.2, 0) is 4.79 Å². The highest BCUT2D eigenvalue weighted by molar-refractivity contribution is 6.25. The molecule has 0 spiro atoms. The van der Waals surface area contributed by atoms with E-state index >= 15 is 0 Å². The zero-order valence-electron chi connectivity index (χ0n) is 20.2. The third kappa shape index (κ3) is 3.08. The number of benzene rings is 3. The summed E-state index contributed by atoms with van der Waals surface area (Å²) in [6.07, 6.45) is 1.99. The van der Waals surface area contributed by atoms with Crippen molar-refractivity contribution >= 4 is 34.3 Å². The number of hydrogen-bond acceptors (Lipinski definition) is 5. The first kappa shape index (κ1) is 22.2. The van der Waals surface area contributed by atoms with Crippen LogP contribution < -0.4 is 4.90 Å². The molecule has 1 aromatic heterocycles. The van der Waals surface area contributed by atoms with Crippen LogP contribution in [0.15, 0.2) is 85.1 Å². The Bertz CT molecular complexity index is 1680. The monoisotopic (exact) mass is 499 g/mol. The van der Waals surface area contributed by atoms with Gasteiger partial charge in [0.2, 0.25) is 0 Å². The Morgan fingerprint density at radius 1 is 0.895 bits per heavy atom. The maximum absolute atomic E-state index is 13.7. The Balaban J connectivity index is 1.18. The minimum Gasteiger partial charge on any atom is -0.331 e. The van der Waals surface area contributed by atoms with E-state index in [1.54, 1.807) is 34.1 Å². The zero-order valence-corrected chi connectivity index (χ0v) is 20.2. The second-order valence-electron chi connectivity index (χ2n) is 9.82. The summed E-state index contributed by atoms with van der Waals surface area (Å²) in [7, 11) is 0. The number of piperazine rings is 1. The number of hydrogen-bond donors (Lipinski definition) is 0. The van der Waals surface area contributed by atoms with Crippen LogP contribution in [0.25, 0.3) is 21.9 Å². The first-order valence-corrected chi connectivity index (χ1v) is 12.5. The summed E-state index contributed by atoms with van der Waals surface area (Å²) in [5.74, 6) is -0.503. The number of carbonyl (C=O) groups excluding carboxylic acids is 3. The Morgan fingerprint density at radius 3 is 2.32 bits per heavy atom. The Labute approximate surface area is 218 Å². The van der Waals surface area contributed by atoms with E-state index in [1.165, 1.54) is 11.1 Å². The minimum absolute atomic E-state index is 0.138. The first-order valence-electron chi connectivity index (χ1n) is 12.5. The van der Waals surface area contributed by atoms with Crippen LogP contribution in [0.1, 0.15) is 22.5 Å². The van der Waals surface area contributed by atoms with Crippen LogP contribution in [0.3, 0.4) is 0 Å². The molecule has 8 nitrogen and oxygen atoms in total. The van der Waals surface area contributed by atoms with Crippen molar-refractivity contribution in [2.24, 2.45) is 0 Å². The number of nitrogens with zero attached hydrogens (tertiary/aromatic N) is 5. The highest BCUT2D eigenvalue weighted by atomic mass is 16.2. The molecule has 4 amide bonds. The van der Waals surface area contributed by atoms with Crippen molar-refractivity contribution in [1.82, 2.24) is 14.8 Å². The van der Waals surface area contributed by atoms with E-state index < -0.39 is 12.1 Å². The molecular formula is C30H21N5O3. The van der Waals surface area contributed by atoms with E-state index in [4.69, 9.17) is 0 Å². The van der Waals surface area contributed by atoms with E-state index in [0.717, 1.165) is 11.1 Å². The van der Waals surface area contributed by atoms with Gasteiger partial charge in [-0.25, -0.2) is 14.7 Å². The number of carbonyl (C=O) groups is 3. The highest BCUT2D eigenvalue weighted by Gasteiger charge is 2.63. The molecule has 3 atom stereocenters. The number of amides is 4. The molecule has 0 radical (unpaired) electrons. The fraction of sp³-hybridized carbons (Fsp3) is 0.167. The van der Waals surface area contributed by atoms with Crippen molar-refractivity contribution in [2.45, 2.75) is 24.5 Å². The van der Waals surface area contributed by atoms with Crippen molar-refractivity contribution in [3.8, 4) is 17.2 Å². The van der Waals surface area contributed by atoms with Gasteiger partial charge in [0, 0.05) is 22.9 Å². The summed E-state index contributed by atoms with van der Waals surface area (Å²) in [5, 5.41) is 10.6. The van der Waals surface area contributed by atoms with Crippen molar-refractivity contribution in [3.63, 3.8) is 0 Å². The molecule has 2 bridgehead atoms. The van der Waals surface area contributed by atoms with Crippen LogP contribution in [0, 0.1) is 11.3 Å². The van der Waals surface area contributed by atoms with Crippen LogP contribution in [-0.4, -0.2) is 57.3 Å². The molecule has 38 heavy (non-hydrogen) atoms. The summed E-state index contributed by atoms with van der Waals surface area (Å²) in [6, 6.07) is 24.9. The van der Waals surface area contributed by atoms with E-state index in [-0.39, 0.29) is 29.6 Å². The summed E-state index contributed by atoms with van der Waals surface area (Å²) in [4.78, 5) is 49.5. The van der Waals surface area contributed by atoms with Gasteiger partial charge in [-0.3, -0.25) is 9.59 Å². The molecule has 3 fully saturated rings. The number of fused-ring (bicyclic) bond motifs is 6. The van der Waals surface area contributed by atoms with Gasteiger partial charge in [-0.15, -0.1) is 0 Å². The lowest BCUT2D eigenvalue weighted by Gasteiger charge is -2.35. The summed E-state index contributed by atoms with van der Waals surface area (Å²) >= 11 is 0. The van der Waals surface area contributed by atoms with Gasteiger partial charge < -0.3 is 9.80 Å². The summed E-state index contributed by atoms with van der Waals surface area (Å²) < 4.78 is 0. The molecule has 0 aliphatic carbocycles. The molecule has 3 aromatic carbocycles. The average Bonchev–Trinajstić information content (AvgIpc) is 3.64. The van der Waals surface area contributed by atoms with E-state index in [9.17, 15) is 19.6 Å². The maximum atomic E-state index is 13.7. The number of likely N-dealkylation sites (tertiary alicyclic amines) is 1. The lowest BCUT2D eigenvalue weighted by molar-refractivity contribution is -0.121. The highest BCUT2D eigenvalue weighted by Crippen LogP contribution is 2.44. The molecule has 3 saturated heterocycles. The number of urea groups is 1. The predicted octanol–water partition coefficient (Wildman–Crippen LogP) is 4.21. The van der Waals surface area contributed by atoms with Crippen molar-refractivity contribution in [3.05, 3.63) is 96.3 Å². The Hall–Kier alpha value is -5.03. The molecule has 0 N–H and O–H groups in total. The Morgan fingerprint density at radius 2 is 1.58 bits per heavy atom. The van der Waals surface area contributed by atoms with Crippen molar-refractivity contribution in [1.29, 1.82) is 5.26 Å². The van der Waals surface area contributed by atoms with Gasteiger partial charge in [0.1, 0.15) is 17.8 Å². The second-order valence-corrected chi connectivity index (χ2v) is 9.82. The molecule has 0 saturated carbocycles. The van der Waals surface area contributed by atoms with Gasteiger partial charge in [0.05, 0.1) is 24.0 Å². The predicted molar refractivity (Wildman–Crippen MR) is 140 cm³/mol. The minimum atomic E-state index is -0.733. The van der Waals surface area contributed by atoms with Crippen molar-refractivity contribution in [2.75, 3.05) is 11.4 Å². The second kappa shape index (κ2) is 8.25. The summed E-state index contributed by atoms with van der Waals surface area (Å²) in [6.45, 7) is 0.389. The maximum Gasteiger partial charge on any atom is 0.332 e. The lowest BCUT2D eigenvalue weighted by atomic mass is 10.0. The molecule has 4 aromatic rings. The molecule has 3 unspecified atom stereocenters. The van der Waals surface area contributed by atoms with Crippen LogP contribution in [0.4, 0.5) is 10.5 Å². The van der Waals surface area contributed by atoms with Gasteiger partial charge in [-0.2, -0.15) is 5.26 Å². The molecule has 3 aliphatic heterocycles. The quantitative estimate of drug-likeness (QED) is 0.394. The number of rotatable bonds is 3. The standard InChI is InChI=1S/C30H21N5O3/c31-15-24-22-8-4-5-9-23(22)26(16-32-24)35-29(37)27-25-14-21(34(27)30(35)38)17-33(25)28(36)20-12-10-19(11-13-20)18-6-2-1-3-7-18/h1-13,16,21,25,27H,14,17H2. The molecule has 8 heteroatoms. The number of aromatic nitrogens is 1. The van der Waals surface area contributed by atoms with Gasteiger partial charge in [-0.1, -0.05) is 66.7 Å². The van der Waals surface area contributed by atoms with Gasteiger partial charge in [0.25, 0.3) is 11.8 Å². The SMILES string of the molecule is N#Cc1ncc(N2C(=O)C3C4CC(CN4C(=O)c4ccc(-c5ccccc5)cc4)N3C2=O)c2ccccc12. The fourth-order valence-corrected chi connectivity index (χ4v) is 6.16. The third-order valence-electron chi connectivity index (χ3n) is 7.89. The number of pyridine rings is 1. The average molecular weight is 500 g/mol. The molecule has 7 rings (SSSR count). The number of anilines is 1. The normalized spacial score (nSPS) is 21.8. The third-order valence-corrected chi connectivity index (χ3v) is 7.89. The Kier molecular flexibility index (Phi) is 4.82. The molecule has 184 valence electrons. The van der Waals surface area contributed by atoms with E-state index in [1.807, 2.05) is 54.6 Å². The molecular weight excluding hydrogens is 478 g/mol. The van der Waals surface area contributed by atoms with E-state index in [0.29, 0.717) is 35.0 Å². The zero-order chi connectivity index (χ0) is 26.0. The molecule has 4 heterocycles. The van der Waals surface area contributed by atoms with Gasteiger partial charge in [0.15, 0.2) is 0 Å². The van der Waals surface area contributed by atoms with Crippen LogP contribution in [0.2, 0.25) is 0 Å². The lowest BCUT2D eigenvalue weighted by Crippen LogP contribution is -2.54. The number of nitriles is 1. The topological polar surface area (TPSA) is 97.6 Å². The van der Waals surface area contributed by atoms with E-state index in [2.05, 4.69) is 11.1 Å². The van der Waals surface area contributed by atoms with Crippen molar-refractivity contribution < 1.29 is 14.4 Å². The first-order chi connectivity index (χ1) is 18.6. The largest absolute Gasteiger partial charge is 0.332 e. The molecule has 3 aliphatic rings. The van der Waals surface area contributed by atoms with Crippen LogP contribution >= 0.6 is 0 Å². The fourth-order valence-electron chi connectivity index (χ4n) is 6.16. The van der Waals surface area contributed by atoms with Gasteiger partial charge in [-0.05, 0) is 29.7 Å². The summed E-state index contributed by atoms with van der Waals surface area (Å²) in [5.41, 5.74) is 3.24. The smallest absolute Gasteiger partial charge is 0.331 e. The number of imide groups is 1. The van der Waals surface area contributed by atoms with Crippen LogP contribution in [0.5, 0.6) is 0 Å². The van der Waals surface area contributed by atoms with Gasteiger partial charge >= 0.3 is 6.03 Å².